The first-order valence-electron chi connectivity index (χ1n) is 9.26. The smallest absolute Gasteiger partial charge is 0.475 e. The number of fused-ring (bicyclic) bond motifs is 1. The van der Waals surface area contributed by atoms with Crippen LogP contribution >= 0.6 is 11.3 Å². The van der Waals surface area contributed by atoms with Crippen molar-refractivity contribution in [2.24, 2.45) is 5.92 Å². The minimum absolute atomic E-state index is 0.534. The molecule has 0 aromatic carbocycles. The fraction of sp³-hybridized carbons (Fsp3) is 0.421. The van der Waals surface area contributed by atoms with Gasteiger partial charge >= 0.3 is 12.1 Å². The fourth-order valence-corrected chi connectivity index (χ4v) is 4.26. The molecule has 4 heterocycles. The third kappa shape index (κ3) is 6.17. The maximum absolute atomic E-state index is 10.6. The lowest BCUT2D eigenvalue weighted by molar-refractivity contribution is -0.192. The van der Waals surface area contributed by atoms with Crippen LogP contribution in [0, 0.1) is 12.8 Å². The van der Waals surface area contributed by atoms with Crippen molar-refractivity contribution in [3.05, 3.63) is 58.6 Å². The van der Waals surface area contributed by atoms with Crippen LogP contribution in [0.15, 0.2) is 43.0 Å². The second kappa shape index (κ2) is 9.43. The van der Waals surface area contributed by atoms with E-state index >= 15 is 0 Å². The number of carboxylic acids is 1. The number of alkyl halides is 3. The summed E-state index contributed by atoms with van der Waals surface area (Å²) >= 11 is 1.89. The molecule has 1 atom stereocenters. The molecular weight excluding hydrogens is 419 g/mol. The van der Waals surface area contributed by atoms with Gasteiger partial charge in [0.25, 0.3) is 0 Å². The first-order chi connectivity index (χ1) is 14.2. The molecule has 7 nitrogen and oxygen atoms in total. The van der Waals surface area contributed by atoms with Crippen molar-refractivity contribution in [2.75, 3.05) is 6.54 Å². The molecule has 1 N–H and O–H groups in total. The van der Waals surface area contributed by atoms with E-state index in [9.17, 15) is 13.2 Å². The van der Waals surface area contributed by atoms with Gasteiger partial charge in [-0.1, -0.05) is 0 Å². The SMILES string of the molecule is Cc1ccc(CN2Cc3nccn3CC(Cn3cccn3)C2)s1.O=C(O)C(F)(F)F. The first kappa shape index (κ1) is 22.0. The van der Waals surface area contributed by atoms with Crippen LogP contribution in [-0.4, -0.2) is 48.0 Å². The molecular formula is C19H22F3N5O2S. The highest BCUT2D eigenvalue weighted by Gasteiger charge is 2.38. The number of hydrogen-bond donors (Lipinski definition) is 1. The molecule has 0 fully saturated rings. The number of rotatable bonds is 4. The Morgan fingerprint density at radius 2 is 2.03 bits per heavy atom. The molecule has 0 saturated carbocycles. The number of aliphatic carboxylic acids is 1. The normalized spacial score (nSPS) is 17.0. The summed E-state index contributed by atoms with van der Waals surface area (Å²) in [6.07, 6.45) is 2.83. The molecule has 0 amide bonds. The predicted octanol–water partition coefficient (Wildman–Crippen LogP) is 3.42. The molecule has 0 spiro atoms. The van der Waals surface area contributed by atoms with Gasteiger partial charge in [-0.3, -0.25) is 9.58 Å². The average Bonchev–Trinajstić information content (AvgIpc) is 3.38. The van der Waals surface area contributed by atoms with Gasteiger partial charge in [-0.05, 0) is 25.1 Å². The quantitative estimate of drug-likeness (QED) is 0.672. The summed E-state index contributed by atoms with van der Waals surface area (Å²) in [6.45, 7) is 7.12. The van der Waals surface area contributed by atoms with E-state index in [1.165, 1.54) is 15.6 Å². The molecule has 162 valence electrons. The zero-order chi connectivity index (χ0) is 21.7. The van der Waals surface area contributed by atoms with E-state index < -0.39 is 12.1 Å². The Kier molecular flexibility index (Phi) is 6.93. The molecule has 30 heavy (non-hydrogen) atoms. The maximum atomic E-state index is 10.6. The largest absolute Gasteiger partial charge is 0.490 e. The van der Waals surface area contributed by atoms with Crippen LogP contribution in [0.4, 0.5) is 13.2 Å². The van der Waals surface area contributed by atoms with Crippen molar-refractivity contribution in [3.8, 4) is 0 Å². The number of carbonyl (C=O) groups is 1. The van der Waals surface area contributed by atoms with Crippen molar-refractivity contribution >= 4 is 17.3 Å². The Morgan fingerprint density at radius 1 is 1.27 bits per heavy atom. The van der Waals surface area contributed by atoms with Gasteiger partial charge < -0.3 is 9.67 Å². The summed E-state index contributed by atoms with van der Waals surface area (Å²) < 4.78 is 36.1. The van der Waals surface area contributed by atoms with Crippen LogP contribution in [0.25, 0.3) is 0 Å². The Labute approximate surface area is 175 Å². The first-order valence-corrected chi connectivity index (χ1v) is 10.1. The van der Waals surface area contributed by atoms with E-state index in [-0.39, 0.29) is 0 Å². The minimum atomic E-state index is -5.08. The maximum Gasteiger partial charge on any atom is 0.490 e. The topological polar surface area (TPSA) is 76.2 Å². The van der Waals surface area contributed by atoms with Gasteiger partial charge in [-0.25, -0.2) is 9.78 Å². The number of thiophene rings is 1. The number of hydrogen-bond acceptors (Lipinski definition) is 5. The fourth-order valence-electron chi connectivity index (χ4n) is 3.32. The molecule has 1 unspecified atom stereocenters. The molecule has 0 saturated heterocycles. The zero-order valence-electron chi connectivity index (χ0n) is 16.3. The summed E-state index contributed by atoms with van der Waals surface area (Å²) in [5.41, 5.74) is 0. The van der Waals surface area contributed by atoms with Crippen LogP contribution in [0.2, 0.25) is 0 Å². The van der Waals surface area contributed by atoms with Gasteiger partial charge in [0.2, 0.25) is 0 Å². The van der Waals surface area contributed by atoms with Gasteiger partial charge in [-0.2, -0.15) is 18.3 Å². The van der Waals surface area contributed by atoms with Crippen LogP contribution in [0.1, 0.15) is 15.6 Å². The number of imidazole rings is 1. The van der Waals surface area contributed by atoms with Crippen LogP contribution in [0.5, 0.6) is 0 Å². The van der Waals surface area contributed by atoms with Crippen LogP contribution in [-0.2, 0) is 31.0 Å². The summed E-state index contributed by atoms with van der Waals surface area (Å²) in [4.78, 5) is 18.8. The summed E-state index contributed by atoms with van der Waals surface area (Å²) in [6, 6.07) is 6.45. The number of nitrogens with zero attached hydrogens (tertiary/aromatic N) is 5. The van der Waals surface area contributed by atoms with Crippen LogP contribution < -0.4 is 0 Å². The molecule has 0 radical (unpaired) electrons. The number of carboxylic acid groups (broad SMARTS) is 1. The van der Waals surface area contributed by atoms with Crippen molar-refractivity contribution in [1.82, 2.24) is 24.2 Å². The highest BCUT2D eigenvalue weighted by Crippen LogP contribution is 2.22. The second-order valence-corrected chi connectivity index (χ2v) is 8.45. The van der Waals surface area contributed by atoms with Crippen molar-refractivity contribution < 1.29 is 23.1 Å². The monoisotopic (exact) mass is 441 g/mol. The standard InChI is InChI=1S/C17H21N5S.C2HF3O2/c1-14-3-4-16(23-14)12-20-9-15(11-22-7-2-5-19-22)10-21-8-6-18-17(21)13-20;3-2(4,5)1(6)7/h2-8,15H,9-13H2,1H3;(H,6,7). The number of aryl methyl sites for hydroxylation is 1. The third-order valence-electron chi connectivity index (χ3n) is 4.56. The van der Waals surface area contributed by atoms with E-state index in [2.05, 4.69) is 44.8 Å². The lowest BCUT2D eigenvalue weighted by atomic mass is 10.1. The Morgan fingerprint density at radius 3 is 2.63 bits per heavy atom. The second-order valence-electron chi connectivity index (χ2n) is 7.07. The number of halogens is 3. The van der Waals surface area contributed by atoms with E-state index in [4.69, 9.17) is 9.90 Å². The highest BCUT2D eigenvalue weighted by atomic mass is 32.1. The van der Waals surface area contributed by atoms with Crippen molar-refractivity contribution in [2.45, 2.75) is 39.3 Å². The minimum Gasteiger partial charge on any atom is -0.475 e. The molecule has 11 heteroatoms. The molecule has 1 aliphatic heterocycles. The third-order valence-corrected chi connectivity index (χ3v) is 5.55. The zero-order valence-corrected chi connectivity index (χ0v) is 17.1. The van der Waals surface area contributed by atoms with Crippen molar-refractivity contribution in [1.29, 1.82) is 0 Å². The van der Waals surface area contributed by atoms with Gasteiger partial charge in [0.15, 0.2) is 0 Å². The Hall–Kier alpha value is -2.66. The summed E-state index contributed by atoms with van der Waals surface area (Å²) in [7, 11) is 0. The van der Waals surface area contributed by atoms with E-state index in [1.807, 2.05) is 40.7 Å². The molecule has 0 aliphatic carbocycles. The molecule has 4 rings (SSSR count). The lowest BCUT2D eigenvalue weighted by Gasteiger charge is -2.23. The van der Waals surface area contributed by atoms with Gasteiger partial charge in [0.1, 0.15) is 5.82 Å². The molecule has 0 bridgehead atoms. The van der Waals surface area contributed by atoms with E-state index in [1.54, 1.807) is 0 Å². The van der Waals surface area contributed by atoms with Gasteiger partial charge in [-0.15, -0.1) is 11.3 Å². The van der Waals surface area contributed by atoms with Gasteiger partial charge in [0.05, 0.1) is 6.54 Å². The van der Waals surface area contributed by atoms with Crippen LogP contribution in [0.3, 0.4) is 0 Å². The molecule has 3 aromatic rings. The van der Waals surface area contributed by atoms with E-state index in [0.29, 0.717) is 5.92 Å². The number of aromatic nitrogens is 4. The van der Waals surface area contributed by atoms with Gasteiger partial charge in [0, 0.05) is 66.6 Å². The predicted molar refractivity (Wildman–Crippen MR) is 105 cm³/mol. The molecule has 1 aliphatic rings. The molecule has 3 aromatic heterocycles. The highest BCUT2D eigenvalue weighted by molar-refractivity contribution is 7.11. The summed E-state index contributed by atoms with van der Waals surface area (Å²) in [5, 5.41) is 11.5. The van der Waals surface area contributed by atoms with E-state index in [0.717, 1.165) is 32.7 Å². The average molecular weight is 441 g/mol. The lowest BCUT2D eigenvalue weighted by Crippen LogP contribution is -2.29. The van der Waals surface area contributed by atoms with Crippen molar-refractivity contribution in [3.63, 3.8) is 0 Å². The summed E-state index contributed by atoms with van der Waals surface area (Å²) in [5.74, 6) is -1.06. The Bertz CT molecular complexity index is 952. The Balaban J connectivity index is 0.000000318.